The van der Waals surface area contributed by atoms with Crippen LogP contribution in [0.15, 0.2) is 54.6 Å². The number of hydrogen-bond donors (Lipinski definition) is 1. The summed E-state index contributed by atoms with van der Waals surface area (Å²) < 4.78 is 0. The number of nitrogens with zero attached hydrogens (tertiary/aromatic N) is 1. The second-order valence-corrected chi connectivity index (χ2v) is 5.21. The van der Waals surface area contributed by atoms with Gasteiger partial charge in [-0.15, -0.1) is 0 Å². The van der Waals surface area contributed by atoms with Crippen LogP contribution in [0, 0.1) is 6.92 Å². The Morgan fingerprint density at radius 1 is 1.00 bits per heavy atom. The zero-order chi connectivity index (χ0) is 15.9. The first kappa shape index (κ1) is 15.8. The van der Waals surface area contributed by atoms with Gasteiger partial charge in [-0.1, -0.05) is 48.0 Å². The predicted molar refractivity (Wildman–Crippen MR) is 88.2 cm³/mol. The van der Waals surface area contributed by atoms with Crippen molar-refractivity contribution in [3.8, 4) is 0 Å². The largest absolute Gasteiger partial charge is 0.373 e. The summed E-state index contributed by atoms with van der Waals surface area (Å²) in [6, 6.07) is 16.9. The van der Waals surface area contributed by atoms with Crippen molar-refractivity contribution in [3.05, 3.63) is 65.7 Å². The number of hydrogen-bond acceptors (Lipinski definition) is 3. The lowest BCUT2D eigenvalue weighted by molar-refractivity contribution is -0.116. The first-order chi connectivity index (χ1) is 10.6. The minimum absolute atomic E-state index is 0.416. The molecule has 0 saturated heterocycles. The van der Waals surface area contributed by atoms with Gasteiger partial charge in [0.15, 0.2) is 0 Å². The third-order valence-electron chi connectivity index (χ3n) is 3.45. The first-order valence-corrected chi connectivity index (χ1v) is 7.23. The molecule has 2 aromatic rings. The third-order valence-corrected chi connectivity index (χ3v) is 3.45. The number of carbonyl (C=O) groups excluding carboxylic acids is 2. The van der Waals surface area contributed by atoms with Gasteiger partial charge in [-0.25, -0.2) is 0 Å². The summed E-state index contributed by atoms with van der Waals surface area (Å²) in [4.78, 5) is 25.9. The first-order valence-electron chi connectivity index (χ1n) is 7.23. The van der Waals surface area contributed by atoms with E-state index in [1.165, 1.54) is 0 Å². The standard InChI is InChI=1S/C18H20N2O2/c1-14-8-10-15(11-9-14)17(21)18(22)19-12-13-20(2)16-6-4-3-5-7-16/h3-11H,12-13H2,1-2H3,(H,19,22). The molecule has 114 valence electrons. The van der Waals surface area contributed by atoms with Crippen molar-refractivity contribution >= 4 is 17.4 Å². The van der Waals surface area contributed by atoms with E-state index in [0.29, 0.717) is 18.7 Å². The molecule has 0 unspecified atom stereocenters. The Hall–Kier alpha value is -2.62. The Bertz CT molecular complexity index is 636. The van der Waals surface area contributed by atoms with Crippen molar-refractivity contribution in [3.63, 3.8) is 0 Å². The highest BCUT2D eigenvalue weighted by Crippen LogP contribution is 2.09. The molecular formula is C18H20N2O2. The second kappa shape index (κ2) is 7.41. The highest BCUT2D eigenvalue weighted by Gasteiger charge is 2.15. The summed E-state index contributed by atoms with van der Waals surface area (Å²) in [5, 5.41) is 2.67. The van der Waals surface area contributed by atoms with Crippen LogP contribution in [0.25, 0.3) is 0 Å². The number of aryl methyl sites for hydroxylation is 1. The monoisotopic (exact) mass is 296 g/mol. The van der Waals surface area contributed by atoms with Crippen molar-refractivity contribution in [1.29, 1.82) is 0 Å². The zero-order valence-corrected chi connectivity index (χ0v) is 12.9. The highest BCUT2D eigenvalue weighted by molar-refractivity contribution is 6.42. The van der Waals surface area contributed by atoms with E-state index < -0.39 is 11.7 Å². The molecular weight excluding hydrogens is 276 g/mol. The number of para-hydroxylation sites is 1. The van der Waals surface area contributed by atoms with Crippen LogP contribution >= 0.6 is 0 Å². The molecule has 22 heavy (non-hydrogen) atoms. The van der Waals surface area contributed by atoms with Gasteiger partial charge in [-0.05, 0) is 19.1 Å². The van der Waals surface area contributed by atoms with Gasteiger partial charge in [0.25, 0.3) is 5.91 Å². The van der Waals surface area contributed by atoms with Crippen LogP contribution in [0.4, 0.5) is 5.69 Å². The minimum Gasteiger partial charge on any atom is -0.373 e. The molecule has 0 radical (unpaired) electrons. The highest BCUT2D eigenvalue weighted by atomic mass is 16.2. The Labute approximate surface area is 130 Å². The number of anilines is 1. The van der Waals surface area contributed by atoms with Crippen molar-refractivity contribution < 1.29 is 9.59 Å². The summed E-state index contributed by atoms with van der Waals surface area (Å²) in [5.74, 6) is -1.06. The maximum Gasteiger partial charge on any atom is 0.292 e. The van der Waals surface area contributed by atoms with E-state index in [1.54, 1.807) is 12.1 Å². The van der Waals surface area contributed by atoms with E-state index in [9.17, 15) is 9.59 Å². The van der Waals surface area contributed by atoms with Crippen molar-refractivity contribution in [2.45, 2.75) is 6.92 Å². The van der Waals surface area contributed by atoms with E-state index >= 15 is 0 Å². The van der Waals surface area contributed by atoms with Gasteiger partial charge in [-0.3, -0.25) is 9.59 Å². The number of benzene rings is 2. The van der Waals surface area contributed by atoms with Crippen LogP contribution in [0.3, 0.4) is 0 Å². The number of nitrogens with one attached hydrogen (secondary N) is 1. The fraction of sp³-hybridized carbons (Fsp3) is 0.222. The molecule has 0 fully saturated rings. The average molecular weight is 296 g/mol. The van der Waals surface area contributed by atoms with Gasteiger partial charge in [0.05, 0.1) is 0 Å². The number of ketones is 1. The molecule has 0 aliphatic rings. The van der Waals surface area contributed by atoms with Crippen molar-refractivity contribution in [1.82, 2.24) is 5.32 Å². The van der Waals surface area contributed by atoms with Gasteiger partial charge in [0, 0.05) is 31.4 Å². The van der Waals surface area contributed by atoms with Crippen LogP contribution in [-0.2, 0) is 4.79 Å². The molecule has 0 aliphatic heterocycles. The summed E-state index contributed by atoms with van der Waals surface area (Å²) >= 11 is 0. The molecule has 0 spiro atoms. The lowest BCUT2D eigenvalue weighted by atomic mass is 10.1. The SMILES string of the molecule is Cc1ccc(C(=O)C(=O)NCCN(C)c2ccccc2)cc1. The quantitative estimate of drug-likeness (QED) is 0.658. The maximum atomic E-state index is 12.0. The summed E-state index contributed by atoms with van der Waals surface area (Å²) in [6.45, 7) is 2.99. The molecule has 1 N–H and O–H groups in total. The van der Waals surface area contributed by atoms with E-state index in [0.717, 1.165) is 11.3 Å². The molecule has 0 heterocycles. The van der Waals surface area contributed by atoms with E-state index in [2.05, 4.69) is 5.32 Å². The molecule has 0 bridgehead atoms. The second-order valence-electron chi connectivity index (χ2n) is 5.21. The molecule has 4 nitrogen and oxygen atoms in total. The van der Waals surface area contributed by atoms with E-state index in [4.69, 9.17) is 0 Å². The third kappa shape index (κ3) is 4.19. The molecule has 1 amide bonds. The van der Waals surface area contributed by atoms with Crippen LogP contribution in [0.1, 0.15) is 15.9 Å². The summed E-state index contributed by atoms with van der Waals surface area (Å²) in [6.07, 6.45) is 0. The summed E-state index contributed by atoms with van der Waals surface area (Å²) in [5.41, 5.74) is 2.54. The maximum absolute atomic E-state index is 12.0. The smallest absolute Gasteiger partial charge is 0.292 e. The number of likely N-dealkylation sites (N-methyl/N-ethyl adjacent to an activating group) is 1. The van der Waals surface area contributed by atoms with E-state index in [1.807, 2.05) is 61.3 Å². The molecule has 0 atom stereocenters. The van der Waals surface area contributed by atoms with Crippen LogP contribution in [-0.4, -0.2) is 31.8 Å². The Kier molecular flexibility index (Phi) is 5.31. The number of amides is 1. The average Bonchev–Trinajstić information content (AvgIpc) is 2.55. The Morgan fingerprint density at radius 2 is 1.64 bits per heavy atom. The van der Waals surface area contributed by atoms with Crippen LogP contribution in [0.5, 0.6) is 0 Å². The van der Waals surface area contributed by atoms with Crippen molar-refractivity contribution in [2.24, 2.45) is 0 Å². The number of Topliss-reactive ketones (excluding diaryl/α,β-unsaturated/α-hetero) is 1. The van der Waals surface area contributed by atoms with Gasteiger partial charge in [-0.2, -0.15) is 0 Å². The topological polar surface area (TPSA) is 49.4 Å². The molecule has 2 rings (SSSR count). The van der Waals surface area contributed by atoms with Crippen molar-refractivity contribution in [2.75, 3.05) is 25.0 Å². The zero-order valence-electron chi connectivity index (χ0n) is 12.9. The Morgan fingerprint density at radius 3 is 2.27 bits per heavy atom. The van der Waals surface area contributed by atoms with Crippen LogP contribution in [0.2, 0.25) is 0 Å². The van der Waals surface area contributed by atoms with Gasteiger partial charge < -0.3 is 10.2 Å². The van der Waals surface area contributed by atoms with Crippen LogP contribution < -0.4 is 10.2 Å². The molecule has 0 aliphatic carbocycles. The molecule has 0 saturated carbocycles. The predicted octanol–water partition coefficient (Wildman–Crippen LogP) is 2.43. The number of carbonyl (C=O) groups is 2. The lowest BCUT2D eigenvalue weighted by Gasteiger charge is -2.19. The normalized spacial score (nSPS) is 10.1. The molecule has 2 aromatic carbocycles. The molecule has 4 heteroatoms. The summed E-state index contributed by atoms with van der Waals surface area (Å²) in [7, 11) is 1.95. The molecule has 0 aromatic heterocycles. The van der Waals surface area contributed by atoms with Gasteiger partial charge in [0.2, 0.25) is 5.78 Å². The van der Waals surface area contributed by atoms with Gasteiger partial charge in [0.1, 0.15) is 0 Å². The minimum atomic E-state index is -0.565. The van der Waals surface area contributed by atoms with Gasteiger partial charge >= 0.3 is 0 Å². The van der Waals surface area contributed by atoms with E-state index in [-0.39, 0.29) is 0 Å². The Balaban J connectivity index is 1.82. The fourth-order valence-electron chi connectivity index (χ4n) is 2.07. The fourth-order valence-corrected chi connectivity index (χ4v) is 2.07. The lowest BCUT2D eigenvalue weighted by Crippen LogP contribution is -2.36. The number of rotatable bonds is 6.